The highest BCUT2D eigenvalue weighted by Crippen LogP contribution is 2.31. The number of rotatable bonds is 6. The van der Waals surface area contributed by atoms with Crippen molar-refractivity contribution in [1.29, 1.82) is 0 Å². The van der Waals surface area contributed by atoms with Gasteiger partial charge < -0.3 is 10.2 Å². The molecule has 1 saturated heterocycles. The Kier molecular flexibility index (Phi) is 5.90. The number of hydrogen-bond acceptors (Lipinski definition) is 5. The number of anilines is 1. The van der Waals surface area contributed by atoms with Crippen LogP contribution in [0.2, 0.25) is 0 Å². The van der Waals surface area contributed by atoms with Crippen LogP contribution in [0.5, 0.6) is 0 Å². The van der Waals surface area contributed by atoms with Gasteiger partial charge in [0.1, 0.15) is 5.01 Å². The molecule has 0 saturated carbocycles. The molecule has 154 valence electrons. The number of hydrogen-bond donors (Lipinski definition) is 1. The third kappa shape index (κ3) is 4.11. The Hall–Kier alpha value is -3.06. The average molecular weight is 421 g/mol. The molecule has 1 unspecified atom stereocenters. The molecule has 3 aromatic rings. The van der Waals surface area contributed by atoms with Gasteiger partial charge in [-0.2, -0.15) is 0 Å². The lowest BCUT2D eigenvalue weighted by Crippen LogP contribution is -2.33. The van der Waals surface area contributed by atoms with Gasteiger partial charge in [-0.3, -0.25) is 14.6 Å². The second-order valence-electron chi connectivity index (χ2n) is 7.42. The van der Waals surface area contributed by atoms with Crippen LogP contribution in [-0.4, -0.2) is 28.3 Å². The van der Waals surface area contributed by atoms with Crippen molar-refractivity contribution in [3.63, 3.8) is 0 Å². The molecule has 2 amide bonds. The van der Waals surface area contributed by atoms with E-state index in [-0.39, 0.29) is 24.2 Å². The van der Waals surface area contributed by atoms with Crippen molar-refractivity contribution in [1.82, 2.24) is 15.3 Å². The Labute approximate surface area is 180 Å². The van der Waals surface area contributed by atoms with Gasteiger partial charge in [0.15, 0.2) is 0 Å². The molecule has 0 bridgehead atoms. The summed E-state index contributed by atoms with van der Waals surface area (Å²) in [6.45, 7) is 4.85. The van der Waals surface area contributed by atoms with Crippen molar-refractivity contribution >= 4 is 28.8 Å². The number of para-hydroxylation sites is 1. The van der Waals surface area contributed by atoms with E-state index in [4.69, 9.17) is 0 Å². The Morgan fingerprint density at radius 1 is 1.27 bits per heavy atom. The first kappa shape index (κ1) is 20.2. The third-order valence-corrected chi connectivity index (χ3v) is 6.26. The zero-order valence-corrected chi connectivity index (χ0v) is 17.9. The third-order valence-electron chi connectivity index (χ3n) is 5.35. The molecule has 2 aromatic heterocycles. The van der Waals surface area contributed by atoms with Crippen LogP contribution in [0.4, 0.5) is 5.69 Å². The normalized spacial score (nSPS) is 16.1. The molecule has 1 N–H and O–H groups in total. The number of aryl methyl sites for hydroxylation is 2. The number of carbonyl (C=O) groups is 2. The molecule has 0 spiro atoms. The second kappa shape index (κ2) is 8.75. The fourth-order valence-electron chi connectivity index (χ4n) is 3.81. The highest BCUT2D eigenvalue weighted by molar-refractivity contribution is 7.13. The number of nitrogens with zero attached hydrogens (tertiary/aromatic N) is 3. The van der Waals surface area contributed by atoms with Gasteiger partial charge in [-0.05, 0) is 36.6 Å². The molecule has 3 heterocycles. The number of benzene rings is 1. The molecule has 1 aliphatic heterocycles. The van der Waals surface area contributed by atoms with E-state index >= 15 is 0 Å². The molecule has 7 heteroatoms. The summed E-state index contributed by atoms with van der Waals surface area (Å²) >= 11 is 1.50. The van der Waals surface area contributed by atoms with Crippen LogP contribution < -0.4 is 10.2 Å². The fourth-order valence-corrected chi connectivity index (χ4v) is 4.60. The molecule has 1 fully saturated rings. The molecule has 1 aromatic carbocycles. The van der Waals surface area contributed by atoms with Crippen LogP contribution >= 0.6 is 11.3 Å². The van der Waals surface area contributed by atoms with E-state index in [0.29, 0.717) is 13.1 Å². The lowest BCUT2D eigenvalue weighted by atomic mass is 10.0. The molecule has 30 heavy (non-hydrogen) atoms. The number of aromatic nitrogens is 2. The first-order chi connectivity index (χ1) is 14.6. The number of nitrogens with one attached hydrogen (secondary N) is 1. The highest BCUT2D eigenvalue weighted by atomic mass is 32.1. The first-order valence-electron chi connectivity index (χ1n) is 10.1. The average Bonchev–Trinajstić information content (AvgIpc) is 3.39. The van der Waals surface area contributed by atoms with Gasteiger partial charge in [-0.1, -0.05) is 31.2 Å². The summed E-state index contributed by atoms with van der Waals surface area (Å²) in [5.74, 6) is -0.453. The molecular weight excluding hydrogens is 396 g/mol. The van der Waals surface area contributed by atoms with Crippen LogP contribution in [0.1, 0.15) is 30.2 Å². The monoisotopic (exact) mass is 420 g/mol. The first-order valence-corrected chi connectivity index (χ1v) is 11.0. The van der Waals surface area contributed by atoms with Crippen LogP contribution in [0, 0.1) is 12.8 Å². The Morgan fingerprint density at radius 3 is 2.90 bits per heavy atom. The summed E-state index contributed by atoms with van der Waals surface area (Å²) < 4.78 is 0. The minimum Gasteiger partial charge on any atom is -0.350 e. The lowest BCUT2D eigenvalue weighted by molar-refractivity contribution is -0.126. The van der Waals surface area contributed by atoms with Crippen LogP contribution in [0.3, 0.4) is 0 Å². The summed E-state index contributed by atoms with van der Waals surface area (Å²) in [5, 5.41) is 5.70. The van der Waals surface area contributed by atoms with Gasteiger partial charge in [0, 0.05) is 30.2 Å². The molecule has 1 atom stereocenters. The maximum Gasteiger partial charge on any atom is 0.227 e. The van der Waals surface area contributed by atoms with Gasteiger partial charge in [-0.25, -0.2) is 4.98 Å². The van der Waals surface area contributed by atoms with Crippen molar-refractivity contribution in [2.45, 2.75) is 33.2 Å². The molecule has 4 rings (SSSR count). The van der Waals surface area contributed by atoms with Gasteiger partial charge in [0.05, 0.1) is 23.9 Å². The molecular formula is C23H24N4O2S. The highest BCUT2D eigenvalue weighted by Gasteiger charge is 2.36. The van der Waals surface area contributed by atoms with E-state index in [0.717, 1.165) is 39.6 Å². The lowest BCUT2D eigenvalue weighted by Gasteiger charge is -2.22. The summed E-state index contributed by atoms with van der Waals surface area (Å²) in [5.41, 5.74) is 4.77. The topological polar surface area (TPSA) is 75.2 Å². The number of amides is 2. The molecule has 0 aliphatic carbocycles. The standard InChI is InChI=1S/C23H24N4O2S/c1-3-16-8-6-7-15(2)21(16)27-13-17(11-20(27)28)22(29)25-12-18-14-30-23(26-18)19-9-4-5-10-24-19/h4-10,14,17H,3,11-13H2,1-2H3,(H,25,29). The van der Waals surface area contributed by atoms with Gasteiger partial charge in [0.25, 0.3) is 0 Å². The summed E-state index contributed by atoms with van der Waals surface area (Å²) in [6.07, 6.45) is 2.82. The molecule has 1 aliphatic rings. The van der Waals surface area contributed by atoms with Gasteiger partial charge >= 0.3 is 0 Å². The van der Waals surface area contributed by atoms with Crippen molar-refractivity contribution < 1.29 is 9.59 Å². The maximum absolute atomic E-state index is 12.7. The zero-order valence-electron chi connectivity index (χ0n) is 17.1. The van der Waals surface area contributed by atoms with E-state index in [1.165, 1.54) is 11.3 Å². The molecule has 0 radical (unpaired) electrons. The smallest absolute Gasteiger partial charge is 0.227 e. The summed E-state index contributed by atoms with van der Waals surface area (Å²) in [6, 6.07) is 11.8. The summed E-state index contributed by atoms with van der Waals surface area (Å²) in [7, 11) is 0. The fraction of sp³-hybridized carbons (Fsp3) is 0.304. The maximum atomic E-state index is 12.7. The van der Waals surface area contributed by atoms with Crippen molar-refractivity contribution in [2.24, 2.45) is 5.92 Å². The van der Waals surface area contributed by atoms with E-state index in [2.05, 4.69) is 22.2 Å². The van der Waals surface area contributed by atoms with Crippen LogP contribution in [0.15, 0.2) is 48.0 Å². The SMILES string of the molecule is CCc1cccc(C)c1N1CC(C(=O)NCc2csc(-c3ccccn3)n2)CC1=O. The van der Waals surface area contributed by atoms with E-state index in [1.807, 2.05) is 48.7 Å². The Bertz CT molecular complexity index is 1060. The predicted molar refractivity (Wildman–Crippen MR) is 118 cm³/mol. The van der Waals surface area contributed by atoms with E-state index in [1.54, 1.807) is 11.1 Å². The zero-order chi connectivity index (χ0) is 21.1. The minimum absolute atomic E-state index is 0.00486. The minimum atomic E-state index is -0.351. The van der Waals surface area contributed by atoms with E-state index in [9.17, 15) is 9.59 Å². The number of thiazole rings is 1. The van der Waals surface area contributed by atoms with Crippen molar-refractivity contribution in [2.75, 3.05) is 11.4 Å². The Morgan fingerprint density at radius 2 is 2.13 bits per heavy atom. The molecule has 6 nitrogen and oxygen atoms in total. The van der Waals surface area contributed by atoms with Crippen molar-refractivity contribution in [3.8, 4) is 10.7 Å². The second-order valence-corrected chi connectivity index (χ2v) is 8.28. The summed E-state index contributed by atoms with van der Waals surface area (Å²) in [4.78, 5) is 36.0. The van der Waals surface area contributed by atoms with Crippen LogP contribution in [0.25, 0.3) is 10.7 Å². The van der Waals surface area contributed by atoms with Crippen molar-refractivity contribution in [3.05, 3.63) is 64.8 Å². The van der Waals surface area contributed by atoms with E-state index < -0.39 is 0 Å². The number of pyridine rings is 1. The predicted octanol–water partition coefficient (Wildman–Crippen LogP) is 3.75. The largest absolute Gasteiger partial charge is 0.350 e. The van der Waals surface area contributed by atoms with Gasteiger partial charge in [0.2, 0.25) is 11.8 Å². The van der Waals surface area contributed by atoms with Crippen LogP contribution in [-0.2, 0) is 22.6 Å². The quantitative estimate of drug-likeness (QED) is 0.659. The van der Waals surface area contributed by atoms with Gasteiger partial charge in [-0.15, -0.1) is 11.3 Å². The Balaban J connectivity index is 1.40. The number of carbonyl (C=O) groups excluding carboxylic acids is 2.